The van der Waals surface area contributed by atoms with Gasteiger partial charge in [0.1, 0.15) is 11.6 Å². The molecule has 0 N–H and O–H groups in total. The fraction of sp³-hybridized carbons (Fsp3) is 0.188. The second kappa shape index (κ2) is 6.33. The quantitative estimate of drug-likeness (QED) is 0.800. The van der Waals surface area contributed by atoms with Gasteiger partial charge in [-0.3, -0.25) is 4.99 Å². The van der Waals surface area contributed by atoms with Crippen molar-refractivity contribution in [2.75, 3.05) is 20.2 Å². The molecule has 0 spiro atoms. The minimum Gasteiger partial charge on any atom is -0.496 e. The molecule has 0 fully saturated rings. The molecule has 0 amide bonds. The predicted molar refractivity (Wildman–Crippen MR) is 92.4 cm³/mol. The summed E-state index contributed by atoms with van der Waals surface area (Å²) in [6, 6.07) is 14.1. The summed E-state index contributed by atoms with van der Waals surface area (Å²) in [6.45, 7) is 0.794. The van der Waals surface area contributed by atoms with Gasteiger partial charge in [0.2, 0.25) is 0 Å². The van der Waals surface area contributed by atoms with Crippen LogP contribution in [0, 0.1) is 0 Å². The third-order valence-corrected chi connectivity index (χ3v) is 5.98. The first kappa shape index (κ1) is 16.0. The van der Waals surface area contributed by atoms with E-state index in [4.69, 9.17) is 4.74 Å². The normalized spacial score (nSPS) is 14.7. The standard InChI is InChI=1S/C16H15BrN2O3S/c1-22-15-11-13(7-8-14(15)17)23(20,21)19-10-9-18-16(19)12-5-3-2-4-6-12/h2-8,11H,9-10H2,1H3. The Morgan fingerprint density at radius 1 is 1.17 bits per heavy atom. The van der Waals surface area contributed by atoms with Gasteiger partial charge in [-0.05, 0) is 28.1 Å². The van der Waals surface area contributed by atoms with E-state index in [1.807, 2.05) is 30.3 Å². The van der Waals surface area contributed by atoms with Crippen molar-refractivity contribution in [2.24, 2.45) is 4.99 Å². The zero-order valence-corrected chi connectivity index (χ0v) is 14.8. The molecule has 1 heterocycles. The van der Waals surface area contributed by atoms with Gasteiger partial charge in [0, 0.05) is 11.6 Å². The van der Waals surface area contributed by atoms with Gasteiger partial charge in [-0.2, -0.15) is 0 Å². The molecule has 0 aliphatic carbocycles. The van der Waals surface area contributed by atoms with E-state index in [9.17, 15) is 8.42 Å². The van der Waals surface area contributed by atoms with Gasteiger partial charge in [-0.1, -0.05) is 30.3 Å². The first-order valence-corrected chi connectivity index (χ1v) is 9.23. The predicted octanol–water partition coefficient (Wildman–Crippen LogP) is 2.91. The van der Waals surface area contributed by atoms with E-state index in [1.165, 1.54) is 17.5 Å². The maximum atomic E-state index is 13.0. The van der Waals surface area contributed by atoms with Crippen LogP contribution in [-0.4, -0.2) is 38.8 Å². The Bertz CT molecular complexity index is 851. The van der Waals surface area contributed by atoms with Crippen LogP contribution in [0.5, 0.6) is 5.75 Å². The summed E-state index contributed by atoms with van der Waals surface area (Å²) in [5, 5.41) is 0. The number of ether oxygens (including phenoxy) is 1. The minimum absolute atomic E-state index is 0.183. The van der Waals surface area contributed by atoms with E-state index in [0.29, 0.717) is 29.1 Å². The molecular weight excluding hydrogens is 380 g/mol. The number of methoxy groups -OCH3 is 1. The summed E-state index contributed by atoms with van der Waals surface area (Å²) in [6.07, 6.45) is 0. The highest BCUT2D eigenvalue weighted by molar-refractivity contribution is 9.10. The highest BCUT2D eigenvalue weighted by atomic mass is 79.9. The number of halogens is 1. The van der Waals surface area contributed by atoms with Gasteiger partial charge < -0.3 is 4.74 Å². The van der Waals surface area contributed by atoms with E-state index < -0.39 is 10.0 Å². The van der Waals surface area contributed by atoms with Crippen molar-refractivity contribution in [1.29, 1.82) is 0 Å². The van der Waals surface area contributed by atoms with Crippen molar-refractivity contribution in [1.82, 2.24) is 4.31 Å². The molecule has 23 heavy (non-hydrogen) atoms. The monoisotopic (exact) mass is 394 g/mol. The molecule has 2 aromatic rings. The van der Waals surface area contributed by atoms with Gasteiger partial charge in [0.05, 0.1) is 29.6 Å². The Kier molecular flexibility index (Phi) is 4.41. The lowest BCUT2D eigenvalue weighted by molar-refractivity contribution is 0.410. The van der Waals surface area contributed by atoms with Gasteiger partial charge in [-0.25, -0.2) is 12.7 Å². The van der Waals surface area contributed by atoms with Crippen LogP contribution in [0.25, 0.3) is 0 Å². The molecular formula is C16H15BrN2O3S. The Morgan fingerprint density at radius 2 is 1.91 bits per heavy atom. The molecule has 7 heteroatoms. The molecule has 0 atom stereocenters. The van der Waals surface area contributed by atoms with Crippen molar-refractivity contribution < 1.29 is 13.2 Å². The van der Waals surface area contributed by atoms with Gasteiger partial charge in [-0.15, -0.1) is 0 Å². The highest BCUT2D eigenvalue weighted by Crippen LogP contribution is 2.30. The van der Waals surface area contributed by atoms with Crippen LogP contribution in [-0.2, 0) is 10.0 Å². The number of hydrogen-bond donors (Lipinski definition) is 0. The third kappa shape index (κ3) is 2.98. The Morgan fingerprint density at radius 3 is 2.61 bits per heavy atom. The van der Waals surface area contributed by atoms with Crippen LogP contribution in [0.15, 0.2) is 62.9 Å². The lowest BCUT2D eigenvalue weighted by Crippen LogP contribution is -2.34. The fourth-order valence-corrected chi connectivity index (χ4v) is 4.29. The molecule has 120 valence electrons. The summed E-state index contributed by atoms with van der Waals surface area (Å²) >= 11 is 3.33. The van der Waals surface area contributed by atoms with Gasteiger partial charge in [0.25, 0.3) is 10.0 Å². The maximum absolute atomic E-state index is 13.0. The van der Waals surface area contributed by atoms with E-state index in [-0.39, 0.29) is 4.90 Å². The Hall–Kier alpha value is -1.86. The summed E-state index contributed by atoms with van der Waals surface area (Å²) < 4.78 is 33.2. The number of aliphatic imine (C=N–C) groups is 1. The van der Waals surface area contributed by atoms with Crippen LogP contribution in [0.2, 0.25) is 0 Å². The molecule has 1 aliphatic rings. The smallest absolute Gasteiger partial charge is 0.265 e. The van der Waals surface area contributed by atoms with Crippen LogP contribution >= 0.6 is 15.9 Å². The summed E-state index contributed by atoms with van der Waals surface area (Å²) in [4.78, 5) is 4.55. The van der Waals surface area contributed by atoms with Crippen LogP contribution in [0.4, 0.5) is 0 Å². The molecule has 3 rings (SSSR count). The molecule has 5 nitrogen and oxygen atoms in total. The second-order valence-corrected chi connectivity index (χ2v) is 7.66. The zero-order valence-electron chi connectivity index (χ0n) is 12.4. The van der Waals surface area contributed by atoms with Crippen molar-refractivity contribution in [3.63, 3.8) is 0 Å². The number of benzene rings is 2. The van der Waals surface area contributed by atoms with Crippen molar-refractivity contribution in [3.8, 4) is 5.75 Å². The third-order valence-electron chi connectivity index (χ3n) is 3.54. The van der Waals surface area contributed by atoms with Crippen molar-refractivity contribution in [2.45, 2.75) is 4.90 Å². The lowest BCUT2D eigenvalue weighted by atomic mass is 10.2. The molecule has 0 bridgehead atoms. The molecule has 0 unspecified atom stereocenters. The average Bonchev–Trinajstić information content (AvgIpc) is 3.06. The fourth-order valence-electron chi connectivity index (χ4n) is 2.42. The van der Waals surface area contributed by atoms with Crippen LogP contribution < -0.4 is 4.74 Å². The van der Waals surface area contributed by atoms with Crippen molar-refractivity contribution in [3.05, 3.63) is 58.6 Å². The van der Waals surface area contributed by atoms with Crippen molar-refractivity contribution >= 4 is 31.8 Å². The van der Waals surface area contributed by atoms with E-state index >= 15 is 0 Å². The van der Waals surface area contributed by atoms with E-state index in [1.54, 1.807) is 12.1 Å². The van der Waals surface area contributed by atoms with E-state index in [0.717, 1.165) is 5.56 Å². The lowest BCUT2D eigenvalue weighted by Gasteiger charge is -2.21. The second-order valence-electron chi connectivity index (χ2n) is 4.94. The molecule has 1 aliphatic heterocycles. The molecule has 0 saturated carbocycles. The van der Waals surface area contributed by atoms with E-state index in [2.05, 4.69) is 20.9 Å². The van der Waals surface area contributed by atoms with Crippen LogP contribution in [0.1, 0.15) is 5.56 Å². The molecule has 2 aromatic carbocycles. The maximum Gasteiger partial charge on any atom is 0.265 e. The number of sulfonamides is 1. The summed E-state index contributed by atoms with van der Waals surface area (Å²) in [5.41, 5.74) is 0.789. The Labute approximate surface area is 143 Å². The number of nitrogens with zero attached hydrogens (tertiary/aromatic N) is 2. The number of rotatable bonds is 4. The first-order chi connectivity index (χ1) is 11.0. The molecule has 0 radical (unpaired) electrons. The molecule has 0 saturated heterocycles. The van der Waals surface area contributed by atoms with Gasteiger partial charge in [0.15, 0.2) is 0 Å². The largest absolute Gasteiger partial charge is 0.496 e. The summed E-state index contributed by atoms with van der Waals surface area (Å²) in [5.74, 6) is 0.955. The number of amidine groups is 1. The Balaban J connectivity index is 2.01. The summed E-state index contributed by atoms with van der Waals surface area (Å²) in [7, 11) is -2.18. The number of hydrogen-bond acceptors (Lipinski definition) is 4. The topological polar surface area (TPSA) is 59.0 Å². The SMILES string of the molecule is COc1cc(S(=O)(=O)N2CCN=C2c2ccccc2)ccc1Br. The average molecular weight is 395 g/mol. The van der Waals surface area contributed by atoms with Crippen LogP contribution in [0.3, 0.4) is 0 Å². The highest BCUT2D eigenvalue weighted by Gasteiger charge is 2.31. The molecule has 0 aromatic heterocycles. The minimum atomic E-state index is -3.68. The van der Waals surface area contributed by atoms with Gasteiger partial charge >= 0.3 is 0 Å². The first-order valence-electron chi connectivity index (χ1n) is 7.00. The zero-order chi connectivity index (χ0) is 16.4.